The van der Waals surface area contributed by atoms with Crippen LogP contribution in [-0.2, 0) is 0 Å². The molecule has 0 aromatic heterocycles. The summed E-state index contributed by atoms with van der Waals surface area (Å²) < 4.78 is 28.2. The van der Waals surface area contributed by atoms with Crippen LogP contribution in [0.3, 0.4) is 0 Å². The first kappa shape index (κ1) is 34.3. The van der Waals surface area contributed by atoms with Crippen LogP contribution in [0.2, 0.25) is 0 Å². The minimum Gasteiger partial charge on any atom is -0.420 e. The van der Waals surface area contributed by atoms with Gasteiger partial charge in [-0.25, -0.2) is 0 Å². The summed E-state index contributed by atoms with van der Waals surface area (Å²) in [6.45, 7) is 4.67. The van der Waals surface area contributed by atoms with E-state index in [1.165, 1.54) is 0 Å². The first-order chi connectivity index (χ1) is 17.1. The zero-order valence-electron chi connectivity index (χ0n) is 18.3. The molecule has 0 aliphatic rings. The molecule has 0 aliphatic carbocycles. The Balaban J connectivity index is 2.22. The third-order valence-corrected chi connectivity index (χ3v) is 18.6. The molecule has 0 N–H and O–H groups in total. The van der Waals surface area contributed by atoms with E-state index in [-0.39, 0.29) is 0 Å². The van der Waals surface area contributed by atoms with Crippen LogP contribution < -0.4 is 14.2 Å². The van der Waals surface area contributed by atoms with Crippen molar-refractivity contribution in [2.75, 3.05) is 0 Å². The molecule has 0 bridgehead atoms. The summed E-state index contributed by atoms with van der Waals surface area (Å²) in [5.41, 5.74) is 2.95. The lowest BCUT2D eigenvalue weighted by Crippen LogP contribution is -2.31. The minimum absolute atomic E-state index is 0.462. The topological polar surface area (TPSA) is 27.7 Å². The van der Waals surface area contributed by atoms with Crippen LogP contribution >= 0.6 is 191 Å². The lowest BCUT2D eigenvalue weighted by atomic mass is 10.2. The number of halogens is 12. The van der Waals surface area contributed by atoms with Crippen molar-refractivity contribution in [3.63, 3.8) is 0 Å². The molecule has 0 saturated carbocycles. The Morgan fingerprint density at radius 1 is 0.324 bits per heavy atom. The summed E-state index contributed by atoms with van der Waals surface area (Å²) in [7, 11) is 0. The standard InChI is InChI=1S/C22H10Br12O3/c1-4-7(23)13(29)19(14(30)8(4)24)35-22(36-20-15(31)9(25)5(2)10(26)16(20)32)37-21-17(33)11(27)6(3)12(28)18(21)34/h22H,1-3H3. The SMILES string of the molecule is Cc1c(Br)c(Br)c(OC(Oc2c(Br)c(Br)c(C)c(Br)c2Br)Oc2c(Br)c(Br)c(C)c(Br)c2Br)c(Br)c1Br. The van der Waals surface area contributed by atoms with Gasteiger partial charge in [-0.3, -0.25) is 0 Å². The Bertz CT molecular complexity index is 1170. The number of rotatable bonds is 6. The Morgan fingerprint density at radius 3 is 0.649 bits per heavy atom. The number of benzene rings is 3. The van der Waals surface area contributed by atoms with Crippen molar-refractivity contribution in [3.8, 4) is 17.2 Å². The fourth-order valence-electron chi connectivity index (χ4n) is 2.84. The summed E-state index contributed by atoms with van der Waals surface area (Å²) in [6, 6.07) is 0. The van der Waals surface area contributed by atoms with E-state index in [1.807, 2.05) is 20.8 Å². The highest BCUT2D eigenvalue weighted by molar-refractivity contribution is 9.15. The quantitative estimate of drug-likeness (QED) is 0.182. The predicted octanol–water partition coefficient (Wildman–Crippen LogP) is 14.6. The van der Waals surface area contributed by atoms with Crippen LogP contribution in [0, 0.1) is 20.8 Å². The van der Waals surface area contributed by atoms with Crippen LogP contribution in [-0.4, -0.2) is 6.48 Å². The van der Waals surface area contributed by atoms with E-state index < -0.39 is 6.48 Å². The van der Waals surface area contributed by atoms with Crippen molar-refractivity contribution >= 4 is 191 Å². The molecule has 0 fully saturated rings. The maximum atomic E-state index is 6.40. The Kier molecular flexibility index (Phi) is 13.0. The highest BCUT2D eigenvalue weighted by Crippen LogP contribution is 2.51. The normalized spacial score (nSPS) is 11.4. The van der Waals surface area contributed by atoms with Crippen LogP contribution in [0.4, 0.5) is 0 Å². The molecule has 0 heterocycles. The van der Waals surface area contributed by atoms with Crippen molar-refractivity contribution in [1.29, 1.82) is 0 Å². The molecule has 3 aromatic carbocycles. The second-order valence-corrected chi connectivity index (χ2v) is 16.8. The summed E-state index contributed by atoms with van der Waals surface area (Å²) in [6.07, 6.45) is 0. The summed E-state index contributed by atoms with van der Waals surface area (Å²) in [4.78, 5) is 0. The Hall–Kier alpha value is 2.82. The lowest BCUT2D eigenvalue weighted by Gasteiger charge is -2.26. The van der Waals surface area contributed by atoms with Gasteiger partial charge in [0.25, 0.3) is 0 Å². The highest BCUT2D eigenvalue weighted by atomic mass is 79.9. The molecular formula is C22H10Br12O3. The molecule has 0 amide bonds. The van der Waals surface area contributed by atoms with Gasteiger partial charge in [0.05, 0.1) is 26.8 Å². The van der Waals surface area contributed by atoms with Crippen LogP contribution in [0.15, 0.2) is 53.7 Å². The van der Waals surface area contributed by atoms with Gasteiger partial charge >= 0.3 is 6.48 Å². The van der Waals surface area contributed by atoms with Crippen molar-refractivity contribution in [3.05, 3.63) is 70.4 Å². The van der Waals surface area contributed by atoms with E-state index in [2.05, 4.69) is 191 Å². The summed E-state index contributed by atoms with van der Waals surface area (Å²) >= 11 is 43.6. The number of ether oxygens (including phenoxy) is 3. The smallest absolute Gasteiger partial charge is 0.406 e. The van der Waals surface area contributed by atoms with E-state index in [0.717, 1.165) is 43.5 Å². The predicted molar refractivity (Wildman–Crippen MR) is 192 cm³/mol. The molecule has 3 rings (SSSR count). The first-order valence-corrected chi connectivity index (χ1v) is 19.1. The zero-order valence-corrected chi connectivity index (χ0v) is 37.4. The Labute approximate surface area is 315 Å². The fourth-order valence-corrected chi connectivity index (χ4v) is 10.2. The van der Waals surface area contributed by atoms with Gasteiger partial charge in [0.2, 0.25) is 0 Å². The molecule has 200 valence electrons. The molecule has 0 spiro atoms. The summed E-state index contributed by atoms with van der Waals surface area (Å²) in [5, 5.41) is 0. The van der Waals surface area contributed by atoms with Gasteiger partial charge in [-0.15, -0.1) is 0 Å². The van der Waals surface area contributed by atoms with Gasteiger partial charge in [0, 0.05) is 26.8 Å². The number of hydrogen-bond donors (Lipinski definition) is 0. The van der Waals surface area contributed by atoms with Crippen LogP contribution in [0.1, 0.15) is 16.7 Å². The molecule has 0 unspecified atom stereocenters. The van der Waals surface area contributed by atoms with Crippen molar-refractivity contribution in [2.24, 2.45) is 0 Å². The van der Waals surface area contributed by atoms with Crippen LogP contribution in [0.25, 0.3) is 0 Å². The molecule has 3 nitrogen and oxygen atoms in total. The van der Waals surface area contributed by atoms with Gasteiger partial charge in [-0.05, 0) is 229 Å². The third kappa shape index (κ3) is 6.98. The van der Waals surface area contributed by atoms with Gasteiger partial charge in [0.15, 0.2) is 17.2 Å². The van der Waals surface area contributed by atoms with Gasteiger partial charge in [-0.1, -0.05) is 0 Å². The maximum absolute atomic E-state index is 6.40. The van der Waals surface area contributed by atoms with Crippen LogP contribution in [0.5, 0.6) is 17.2 Å². The second kappa shape index (κ2) is 14.1. The van der Waals surface area contributed by atoms with E-state index in [4.69, 9.17) is 14.2 Å². The largest absolute Gasteiger partial charge is 0.420 e. The molecule has 0 radical (unpaired) electrons. The third-order valence-electron chi connectivity index (χ3n) is 4.97. The minimum atomic E-state index is -1.25. The maximum Gasteiger partial charge on any atom is 0.406 e. The average molecular weight is 1280 g/mol. The monoisotopic (exact) mass is 1270 g/mol. The van der Waals surface area contributed by atoms with Crippen molar-refractivity contribution in [2.45, 2.75) is 27.2 Å². The molecular weight excluding hydrogens is 1270 g/mol. The van der Waals surface area contributed by atoms with Crippen molar-refractivity contribution in [1.82, 2.24) is 0 Å². The fraction of sp³-hybridized carbons (Fsp3) is 0.182. The van der Waals surface area contributed by atoms with Gasteiger partial charge in [0.1, 0.15) is 0 Å². The van der Waals surface area contributed by atoms with E-state index in [9.17, 15) is 0 Å². The average Bonchev–Trinajstić information content (AvgIpc) is 2.88. The molecule has 3 aromatic rings. The van der Waals surface area contributed by atoms with Gasteiger partial charge in [-0.2, -0.15) is 0 Å². The highest BCUT2D eigenvalue weighted by Gasteiger charge is 2.29. The Morgan fingerprint density at radius 2 is 0.486 bits per heavy atom. The molecule has 0 saturated heterocycles. The number of hydrogen-bond acceptors (Lipinski definition) is 3. The molecule has 37 heavy (non-hydrogen) atoms. The molecule has 0 aliphatic heterocycles. The van der Waals surface area contributed by atoms with Gasteiger partial charge < -0.3 is 14.2 Å². The zero-order chi connectivity index (χ0) is 28.1. The molecule has 15 heteroatoms. The van der Waals surface area contributed by atoms with E-state index in [1.54, 1.807) is 0 Å². The van der Waals surface area contributed by atoms with Crippen molar-refractivity contribution < 1.29 is 14.2 Å². The lowest BCUT2D eigenvalue weighted by molar-refractivity contribution is -0.142. The van der Waals surface area contributed by atoms with E-state index in [0.29, 0.717) is 44.1 Å². The molecule has 0 atom stereocenters. The summed E-state index contributed by atoms with van der Waals surface area (Å²) in [5.74, 6) is 1.39. The second-order valence-electron chi connectivity index (χ2n) is 7.27. The van der Waals surface area contributed by atoms with E-state index >= 15 is 0 Å². The first-order valence-electron chi connectivity index (χ1n) is 9.59.